The number of hydrogen-bond donors (Lipinski definition) is 0. The van der Waals surface area contributed by atoms with E-state index in [1.165, 1.54) is 0 Å². The van der Waals surface area contributed by atoms with Crippen LogP contribution in [0, 0.1) is 0 Å². The van der Waals surface area contributed by atoms with Crippen molar-refractivity contribution in [3.05, 3.63) is 84.5 Å². The average Bonchev–Trinajstić information content (AvgIpc) is 2.84. The van der Waals surface area contributed by atoms with Gasteiger partial charge in [0.05, 0.1) is 12.2 Å². The van der Waals surface area contributed by atoms with Gasteiger partial charge in [-0.3, -0.25) is 0 Å². The third kappa shape index (κ3) is 7.43. The van der Waals surface area contributed by atoms with Gasteiger partial charge >= 0.3 is 0 Å². The molecule has 1 aliphatic carbocycles. The van der Waals surface area contributed by atoms with Gasteiger partial charge in [-0.2, -0.15) is 0 Å². The summed E-state index contributed by atoms with van der Waals surface area (Å²) in [5.41, 5.74) is 2.17. The molecule has 0 heterocycles. The molecule has 0 spiro atoms. The van der Waals surface area contributed by atoms with Crippen LogP contribution in [-0.4, -0.2) is 35.0 Å². The molecule has 0 aromatic heterocycles. The lowest BCUT2D eigenvalue weighted by molar-refractivity contribution is 0.0969. The van der Waals surface area contributed by atoms with Gasteiger partial charge in [0.15, 0.2) is 16.6 Å². The van der Waals surface area contributed by atoms with Gasteiger partial charge in [-0.05, 0) is 53.8 Å². The Morgan fingerprint density at radius 2 is 1.26 bits per heavy atom. The minimum Gasteiger partial charge on any atom is -0.413 e. The van der Waals surface area contributed by atoms with Gasteiger partial charge in [-0.25, -0.2) is 0 Å². The van der Waals surface area contributed by atoms with Gasteiger partial charge in [0.25, 0.3) is 0 Å². The van der Waals surface area contributed by atoms with Crippen molar-refractivity contribution < 1.29 is 13.4 Å². The highest BCUT2D eigenvalue weighted by molar-refractivity contribution is 7.78. The van der Waals surface area contributed by atoms with E-state index in [9.17, 15) is 4.57 Å². The zero-order chi connectivity index (χ0) is 29.3. The smallest absolute Gasteiger partial charge is 0.192 e. The number of allylic oxidation sites excluding steroid dienone is 1. The van der Waals surface area contributed by atoms with E-state index < -0.39 is 23.8 Å². The lowest BCUT2D eigenvalue weighted by atomic mass is 9.86. The molecular weight excluding hydrogens is 532 g/mol. The van der Waals surface area contributed by atoms with E-state index >= 15 is 0 Å². The molecule has 1 fully saturated rings. The van der Waals surface area contributed by atoms with Crippen LogP contribution in [0.1, 0.15) is 54.4 Å². The molecule has 214 valence electrons. The van der Waals surface area contributed by atoms with Crippen LogP contribution in [0.2, 0.25) is 36.3 Å². The molecule has 2 aromatic rings. The fourth-order valence-corrected chi connectivity index (χ4v) is 9.71. The van der Waals surface area contributed by atoms with Gasteiger partial charge in [0.1, 0.15) is 7.14 Å². The maximum atomic E-state index is 14.7. The first-order valence-corrected chi connectivity index (χ1v) is 22.0. The second-order valence-corrected chi connectivity index (χ2v) is 26.5. The van der Waals surface area contributed by atoms with Crippen LogP contribution in [-0.2, 0) is 13.4 Å². The number of rotatable bonds is 8. The molecule has 1 aliphatic rings. The van der Waals surface area contributed by atoms with E-state index in [0.29, 0.717) is 6.16 Å². The second kappa shape index (κ2) is 11.8. The molecule has 0 amide bonds. The fourth-order valence-electron chi connectivity index (χ4n) is 4.53. The van der Waals surface area contributed by atoms with Crippen LogP contribution in [0.5, 0.6) is 0 Å². The van der Waals surface area contributed by atoms with Crippen molar-refractivity contribution in [3.8, 4) is 0 Å². The van der Waals surface area contributed by atoms with Crippen LogP contribution in [0.3, 0.4) is 0 Å². The van der Waals surface area contributed by atoms with Crippen molar-refractivity contribution in [2.75, 3.05) is 6.16 Å². The minimum absolute atomic E-state index is 0.0604. The van der Waals surface area contributed by atoms with Gasteiger partial charge in [0.2, 0.25) is 0 Å². The van der Waals surface area contributed by atoms with Crippen LogP contribution >= 0.6 is 7.14 Å². The Morgan fingerprint density at radius 3 is 1.69 bits per heavy atom. The molecular formula is C33H51O3PSi2. The topological polar surface area (TPSA) is 35.5 Å². The van der Waals surface area contributed by atoms with E-state index in [1.807, 2.05) is 60.7 Å². The monoisotopic (exact) mass is 582 g/mol. The molecule has 0 radical (unpaired) electrons. The summed E-state index contributed by atoms with van der Waals surface area (Å²) in [5, 5.41) is 1.99. The van der Waals surface area contributed by atoms with Crippen molar-refractivity contribution in [3.63, 3.8) is 0 Å². The third-order valence-corrected chi connectivity index (χ3v) is 21.2. The highest BCUT2D eigenvalue weighted by Gasteiger charge is 2.44. The molecule has 1 saturated carbocycles. The predicted molar refractivity (Wildman–Crippen MR) is 175 cm³/mol. The second-order valence-electron chi connectivity index (χ2n) is 14.2. The summed E-state index contributed by atoms with van der Waals surface area (Å²) in [6, 6.07) is 19.8. The molecule has 6 heteroatoms. The molecule has 0 unspecified atom stereocenters. The molecule has 0 N–H and O–H groups in total. The Labute approximate surface area is 240 Å². The van der Waals surface area contributed by atoms with Crippen LogP contribution in [0.15, 0.2) is 84.5 Å². The molecule has 3 rings (SSSR count). The maximum absolute atomic E-state index is 14.7. The van der Waals surface area contributed by atoms with E-state index in [-0.39, 0.29) is 22.3 Å². The normalized spacial score (nSPS) is 20.9. The van der Waals surface area contributed by atoms with Gasteiger partial charge in [-0.15, -0.1) is 0 Å². The summed E-state index contributed by atoms with van der Waals surface area (Å²) in [6.07, 6.45) is 4.22. The number of benzene rings is 2. The zero-order valence-corrected chi connectivity index (χ0v) is 28.9. The fraction of sp³-hybridized carbons (Fsp3) is 0.515. The Kier molecular flexibility index (Phi) is 9.67. The molecule has 0 saturated heterocycles. The lowest BCUT2D eigenvalue weighted by Crippen LogP contribution is -2.49. The first-order chi connectivity index (χ1) is 17.9. The molecule has 39 heavy (non-hydrogen) atoms. The van der Waals surface area contributed by atoms with Crippen molar-refractivity contribution in [1.82, 2.24) is 0 Å². The Morgan fingerprint density at radius 1 is 0.821 bits per heavy atom. The van der Waals surface area contributed by atoms with Crippen LogP contribution < -0.4 is 10.6 Å². The summed E-state index contributed by atoms with van der Waals surface area (Å²) in [5.74, 6) is 0. The standard InChI is InChI=1S/C33H51O3PSi2/c1-26-27(22-23-37(34,29-18-14-12-15-19-29)30-20-16-13-17-21-30)24-28(35-38(8,9)32(2,3)4)25-31(26)36-39(10,11)33(5,6)7/h12-22,28,31H,1,23-25H2,2-11H3/b27-22+/t28-,31+/m0/s1. The predicted octanol–water partition coefficient (Wildman–Crippen LogP) is 9.06. The SMILES string of the molecule is C=C1/C(=C/CP(=O)(c2ccccc2)c2ccccc2)C[C@H](O[Si](C)(C)C(C)(C)C)C[C@H]1O[Si](C)(C)C(C)(C)C. The molecule has 2 atom stereocenters. The summed E-state index contributed by atoms with van der Waals surface area (Å²) in [4.78, 5) is 0. The Balaban J connectivity index is 2.01. The van der Waals surface area contributed by atoms with E-state index in [2.05, 4.69) is 80.4 Å². The van der Waals surface area contributed by atoms with Crippen molar-refractivity contribution in [2.24, 2.45) is 0 Å². The first kappa shape index (κ1) is 32.0. The van der Waals surface area contributed by atoms with Gasteiger partial charge < -0.3 is 13.4 Å². The highest BCUT2D eigenvalue weighted by Crippen LogP contribution is 2.47. The van der Waals surface area contributed by atoms with Crippen molar-refractivity contribution in [2.45, 2.75) is 103 Å². The molecule has 0 bridgehead atoms. The minimum atomic E-state index is -2.87. The highest BCUT2D eigenvalue weighted by atomic mass is 31.2. The third-order valence-electron chi connectivity index (χ3n) is 9.18. The van der Waals surface area contributed by atoms with Crippen LogP contribution in [0.4, 0.5) is 0 Å². The van der Waals surface area contributed by atoms with E-state index in [1.54, 1.807) is 0 Å². The summed E-state index contributed by atoms with van der Waals surface area (Å²) >= 11 is 0. The van der Waals surface area contributed by atoms with Crippen molar-refractivity contribution in [1.29, 1.82) is 0 Å². The largest absolute Gasteiger partial charge is 0.413 e. The number of hydrogen-bond acceptors (Lipinski definition) is 3. The Bertz CT molecular complexity index is 1160. The Hall–Kier alpha value is -1.50. The molecule has 2 aromatic carbocycles. The first-order valence-electron chi connectivity index (χ1n) is 14.3. The molecule has 0 aliphatic heterocycles. The zero-order valence-electron chi connectivity index (χ0n) is 26.0. The molecule has 3 nitrogen and oxygen atoms in total. The average molecular weight is 583 g/mol. The van der Waals surface area contributed by atoms with Crippen molar-refractivity contribution >= 4 is 34.4 Å². The van der Waals surface area contributed by atoms with E-state index in [4.69, 9.17) is 8.85 Å². The summed E-state index contributed by atoms with van der Waals surface area (Å²) in [7, 11) is -6.90. The maximum Gasteiger partial charge on any atom is 0.192 e. The summed E-state index contributed by atoms with van der Waals surface area (Å²) < 4.78 is 28.7. The lowest BCUT2D eigenvalue weighted by Gasteiger charge is -2.45. The van der Waals surface area contributed by atoms with Gasteiger partial charge in [0, 0.05) is 23.2 Å². The quantitative estimate of drug-likeness (QED) is 0.230. The van der Waals surface area contributed by atoms with Gasteiger partial charge in [-0.1, -0.05) is 115 Å². The van der Waals surface area contributed by atoms with E-state index in [0.717, 1.165) is 34.6 Å². The summed E-state index contributed by atoms with van der Waals surface area (Å²) in [6.45, 7) is 27.5. The van der Waals surface area contributed by atoms with Crippen LogP contribution in [0.25, 0.3) is 0 Å².